The Bertz CT molecular complexity index is 1170. The van der Waals surface area contributed by atoms with Crippen LogP contribution in [0, 0.1) is 6.92 Å². The fourth-order valence-electron chi connectivity index (χ4n) is 2.87. The molecule has 8 heteroatoms. The summed E-state index contributed by atoms with van der Waals surface area (Å²) in [6.07, 6.45) is 0. The highest BCUT2D eigenvalue weighted by Gasteiger charge is 2.19. The van der Waals surface area contributed by atoms with Crippen molar-refractivity contribution in [2.75, 3.05) is 0 Å². The highest BCUT2D eigenvalue weighted by molar-refractivity contribution is 7.98. The molecule has 29 heavy (non-hydrogen) atoms. The summed E-state index contributed by atoms with van der Waals surface area (Å²) < 4.78 is 5.63. The zero-order valence-corrected chi connectivity index (χ0v) is 17.1. The Hall–Kier alpha value is -3.10. The van der Waals surface area contributed by atoms with Crippen LogP contribution in [0.15, 0.2) is 68.7 Å². The van der Waals surface area contributed by atoms with Gasteiger partial charge in [0.05, 0.1) is 16.8 Å². The molecule has 0 atom stereocenters. The van der Waals surface area contributed by atoms with Crippen molar-refractivity contribution < 1.29 is 14.0 Å². The molecule has 0 fully saturated rings. The third-order valence-electron chi connectivity index (χ3n) is 4.33. The van der Waals surface area contributed by atoms with Gasteiger partial charge in [-0.25, -0.2) is 4.98 Å². The number of fused-ring (bicyclic) bond motifs is 1. The van der Waals surface area contributed by atoms with Gasteiger partial charge in [-0.1, -0.05) is 30.3 Å². The van der Waals surface area contributed by atoms with Crippen molar-refractivity contribution in [1.82, 2.24) is 15.8 Å². The molecule has 2 N–H and O–H groups in total. The Morgan fingerprint density at radius 1 is 1.07 bits per heavy atom. The Kier molecular flexibility index (Phi) is 5.64. The van der Waals surface area contributed by atoms with Crippen molar-refractivity contribution in [1.29, 1.82) is 0 Å². The van der Waals surface area contributed by atoms with Crippen LogP contribution in [0.5, 0.6) is 0 Å². The summed E-state index contributed by atoms with van der Waals surface area (Å²) in [6, 6.07) is 14.7. The average Bonchev–Trinajstić information content (AvgIpc) is 3.39. The molecule has 0 radical (unpaired) electrons. The molecule has 0 aliphatic rings. The summed E-state index contributed by atoms with van der Waals surface area (Å²) in [5.74, 6) is -0.0518. The molecule has 6 nitrogen and oxygen atoms in total. The van der Waals surface area contributed by atoms with E-state index in [1.54, 1.807) is 23.7 Å². The first-order chi connectivity index (χ1) is 14.1. The predicted octanol–water partition coefficient (Wildman–Crippen LogP) is 4.56. The van der Waals surface area contributed by atoms with E-state index in [4.69, 9.17) is 4.42 Å². The van der Waals surface area contributed by atoms with Crippen LogP contribution in [0.3, 0.4) is 0 Å². The van der Waals surface area contributed by atoms with E-state index in [-0.39, 0.29) is 5.76 Å². The fraction of sp³-hybridized carbons (Fsp3) is 0.0952. The van der Waals surface area contributed by atoms with Crippen molar-refractivity contribution >= 4 is 45.9 Å². The minimum Gasteiger partial charge on any atom is -0.451 e. The van der Waals surface area contributed by atoms with Crippen molar-refractivity contribution in [3.05, 3.63) is 82.0 Å². The maximum absolute atomic E-state index is 12.6. The average molecular weight is 424 g/mol. The molecule has 4 rings (SSSR count). The molecule has 2 aromatic heterocycles. The van der Waals surface area contributed by atoms with Crippen molar-refractivity contribution in [3.63, 3.8) is 0 Å². The third kappa shape index (κ3) is 4.18. The van der Waals surface area contributed by atoms with Crippen LogP contribution >= 0.6 is 23.1 Å². The number of aromatic nitrogens is 1. The van der Waals surface area contributed by atoms with E-state index in [9.17, 15) is 9.59 Å². The van der Waals surface area contributed by atoms with Crippen LogP contribution in [-0.2, 0) is 5.75 Å². The molecule has 2 aromatic carbocycles. The van der Waals surface area contributed by atoms with Crippen LogP contribution in [0.1, 0.15) is 32.2 Å². The third-order valence-corrected chi connectivity index (χ3v) is 6.07. The minimum absolute atomic E-state index is 0.178. The van der Waals surface area contributed by atoms with Gasteiger partial charge in [-0.3, -0.25) is 20.4 Å². The van der Waals surface area contributed by atoms with Crippen molar-refractivity contribution in [3.8, 4) is 0 Å². The van der Waals surface area contributed by atoms with E-state index in [0.29, 0.717) is 16.9 Å². The van der Waals surface area contributed by atoms with E-state index in [1.165, 1.54) is 23.1 Å². The standard InChI is InChI=1S/C21H17N3O3S2/c1-13-15-6-2-4-8-17(15)27-19(13)21(26)24-23-20(25)16-7-3-5-9-18(16)29-11-14-10-28-12-22-14/h2-10,12H,11H2,1H3,(H,23,25)(H,24,26). The van der Waals surface area contributed by atoms with E-state index in [1.807, 2.05) is 42.6 Å². The number of hydrazine groups is 1. The molecule has 2 amide bonds. The number of nitrogens with one attached hydrogen (secondary N) is 2. The number of furan rings is 1. The molecular formula is C21H17N3O3S2. The van der Waals surface area contributed by atoms with Crippen LogP contribution in [0.4, 0.5) is 0 Å². The zero-order chi connectivity index (χ0) is 20.2. The summed E-state index contributed by atoms with van der Waals surface area (Å²) >= 11 is 3.06. The van der Waals surface area contributed by atoms with Gasteiger partial charge >= 0.3 is 5.91 Å². The highest BCUT2D eigenvalue weighted by atomic mass is 32.2. The van der Waals surface area contributed by atoms with Gasteiger partial charge in [0.25, 0.3) is 5.91 Å². The molecule has 0 spiro atoms. The number of nitrogens with zero attached hydrogens (tertiary/aromatic N) is 1. The second kappa shape index (κ2) is 8.50. The molecule has 4 aromatic rings. The zero-order valence-electron chi connectivity index (χ0n) is 15.5. The molecule has 2 heterocycles. The Balaban J connectivity index is 1.44. The number of aryl methyl sites for hydroxylation is 1. The maximum Gasteiger partial charge on any atom is 0.305 e. The van der Waals surface area contributed by atoms with E-state index >= 15 is 0 Å². The summed E-state index contributed by atoms with van der Waals surface area (Å²) in [4.78, 5) is 30.2. The largest absolute Gasteiger partial charge is 0.451 e. The molecule has 0 bridgehead atoms. The van der Waals surface area contributed by atoms with Crippen LogP contribution in [0.25, 0.3) is 11.0 Å². The second-order valence-corrected chi connectivity index (χ2v) is 7.96. The number of carbonyl (C=O) groups is 2. The van der Waals surface area contributed by atoms with Crippen LogP contribution < -0.4 is 10.9 Å². The fourth-order valence-corrected chi connectivity index (χ4v) is 4.49. The minimum atomic E-state index is -0.500. The molecule has 0 saturated heterocycles. The van der Waals surface area contributed by atoms with Gasteiger partial charge in [0.15, 0.2) is 5.76 Å². The molecule has 0 unspecified atom stereocenters. The number of rotatable bonds is 5. The number of carbonyl (C=O) groups excluding carboxylic acids is 2. The smallest absolute Gasteiger partial charge is 0.305 e. The van der Waals surface area contributed by atoms with Gasteiger partial charge in [0.1, 0.15) is 5.58 Å². The molecule has 146 valence electrons. The molecule has 0 saturated carbocycles. The summed E-state index contributed by atoms with van der Waals surface area (Å²) in [6.45, 7) is 1.81. The lowest BCUT2D eigenvalue weighted by atomic mass is 10.1. The van der Waals surface area contributed by atoms with Gasteiger partial charge in [-0.15, -0.1) is 23.1 Å². The predicted molar refractivity (Wildman–Crippen MR) is 114 cm³/mol. The first kappa shape index (κ1) is 19.2. The van der Waals surface area contributed by atoms with E-state index in [0.717, 1.165) is 21.5 Å². The molecular weight excluding hydrogens is 406 g/mol. The topological polar surface area (TPSA) is 84.2 Å². The SMILES string of the molecule is Cc1c(C(=O)NNC(=O)c2ccccc2SCc2cscn2)oc2ccccc12. The lowest BCUT2D eigenvalue weighted by Crippen LogP contribution is -2.41. The Labute approximate surface area is 175 Å². The summed E-state index contributed by atoms with van der Waals surface area (Å²) in [7, 11) is 0. The first-order valence-electron chi connectivity index (χ1n) is 8.81. The number of thiazole rings is 1. The lowest BCUT2D eigenvalue weighted by Gasteiger charge is -2.10. The number of thioether (sulfide) groups is 1. The lowest BCUT2D eigenvalue weighted by molar-refractivity contribution is 0.0830. The van der Waals surface area contributed by atoms with Gasteiger partial charge in [-0.05, 0) is 25.1 Å². The first-order valence-corrected chi connectivity index (χ1v) is 10.7. The van der Waals surface area contributed by atoms with E-state index in [2.05, 4.69) is 15.8 Å². The molecule has 0 aliphatic carbocycles. The van der Waals surface area contributed by atoms with Crippen molar-refractivity contribution in [2.45, 2.75) is 17.6 Å². The normalized spacial score (nSPS) is 10.8. The second-order valence-electron chi connectivity index (χ2n) is 6.23. The Morgan fingerprint density at radius 2 is 1.83 bits per heavy atom. The number of hydrogen-bond acceptors (Lipinski definition) is 6. The number of amides is 2. The monoisotopic (exact) mass is 423 g/mol. The molecule has 0 aliphatic heterocycles. The summed E-state index contributed by atoms with van der Waals surface area (Å²) in [5, 5.41) is 2.85. The van der Waals surface area contributed by atoms with Crippen LogP contribution in [-0.4, -0.2) is 16.8 Å². The Morgan fingerprint density at radius 3 is 2.62 bits per heavy atom. The number of benzene rings is 2. The number of hydrogen-bond donors (Lipinski definition) is 2. The van der Waals surface area contributed by atoms with Gasteiger partial charge in [0, 0.05) is 27.0 Å². The maximum atomic E-state index is 12.6. The quantitative estimate of drug-likeness (QED) is 0.363. The van der Waals surface area contributed by atoms with Gasteiger partial charge in [-0.2, -0.15) is 0 Å². The van der Waals surface area contributed by atoms with Crippen LogP contribution in [0.2, 0.25) is 0 Å². The number of para-hydroxylation sites is 1. The van der Waals surface area contributed by atoms with Crippen molar-refractivity contribution in [2.24, 2.45) is 0 Å². The van der Waals surface area contributed by atoms with E-state index < -0.39 is 11.8 Å². The highest BCUT2D eigenvalue weighted by Crippen LogP contribution is 2.27. The summed E-state index contributed by atoms with van der Waals surface area (Å²) in [5.41, 5.74) is 9.50. The van der Waals surface area contributed by atoms with Gasteiger partial charge in [0.2, 0.25) is 0 Å². The van der Waals surface area contributed by atoms with Gasteiger partial charge < -0.3 is 4.42 Å².